The molecule has 0 saturated carbocycles. The SMILES string of the molecule is O=C(O)CN(CC(=O)O)Cc1cc(-c2ccccc2)c2ccc3c(-c4ccccc4)cc(CN(CC(=O)O)CC(=O)O)nc3c2n1. The third-order valence-electron chi connectivity index (χ3n) is 7.24. The number of aliphatic carboxylic acids is 4. The van der Waals surface area contributed by atoms with Crippen molar-refractivity contribution in [2.45, 2.75) is 13.1 Å². The molecule has 0 spiro atoms. The number of benzene rings is 3. The van der Waals surface area contributed by atoms with Crippen molar-refractivity contribution in [1.29, 1.82) is 0 Å². The highest BCUT2D eigenvalue weighted by Gasteiger charge is 2.21. The van der Waals surface area contributed by atoms with Crippen LogP contribution in [0.5, 0.6) is 0 Å². The zero-order valence-corrected chi connectivity index (χ0v) is 24.5. The molecule has 0 radical (unpaired) electrons. The largest absolute Gasteiger partial charge is 0.480 e. The highest BCUT2D eigenvalue weighted by molar-refractivity contribution is 6.12. The lowest BCUT2D eigenvalue weighted by atomic mass is 9.95. The Kier molecular flexibility index (Phi) is 9.60. The van der Waals surface area contributed by atoms with E-state index in [1.165, 1.54) is 9.80 Å². The molecular weight excluding hydrogens is 592 g/mol. The third kappa shape index (κ3) is 7.67. The first-order valence-corrected chi connectivity index (χ1v) is 14.3. The summed E-state index contributed by atoms with van der Waals surface area (Å²) in [5.74, 6) is -4.72. The second-order valence-corrected chi connectivity index (χ2v) is 10.8. The fourth-order valence-corrected chi connectivity index (χ4v) is 5.52. The van der Waals surface area contributed by atoms with Crippen LogP contribution in [0.2, 0.25) is 0 Å². The van der Waals surface area contributed by atoms with E-state index in [1.807, 2.05) is 84.9 Å². The third-order valence-corrected chi connectivity index (χ3v) is 7.24. The molecule has 0 aliphatic carbocycles. The fraction of sp³-hybridized carbons (Fsp3) is 0.176. The maximum Gasteiger partial charge on any atom is 0.317 e. The summed E-state index contributed by atoms with van der Waals surface area (Å²) in [6.07, 6.45) is 0. The molecule has 2 heterocycles. The Balaban J connectivity index is 1.77. The average molecular weight is 623 g/mol. The molecule has 0 atom stereocenters. The predicted octanol–water partition coefficient (Wildman–Crippen LogP) is 4.06. The normalized spacial score (nSPS) is 11.3. The van der Waals surface area contributed by atoms with Crippen LogP contribution in [0.15, 0.2) is 84.9 Å². The van der Waals surface area contributed by atoms with Crippen LogP contribution in [0, 0.1) is 0 Å². The van der Waals surface area contributed by atoms with Crippen LogP contribution in [0.25, 0.3) is 44.1 Å². The van der Waals surface area contributed by atoms with Gasteiger partial charge in [0.1, 0.15) is 0 Å². The zero-order chi connectivity index (χ0) is 32.8. The Morgan fingerprint density at radius 3 is 1.13 bits per heavy atom. The highest BCUT2D eigenvalue weighted by Crippen LogP contribution is 2.36. The molecule has 5 aromatic rings. The van der Waals surface area contributed by atoms with Crippen LogP contribution in [0.1, 0.15) is 11.4 Å². The van der Waals surface area contributed by atoms with Gasteiger partial charge in [0.15, 0.2) is 0 Å². The number of hydrogen-bond acceptors (Lipinski definition) is 8. The van der Waals surface area contributed by atoms with Gasteiger partial charge in [-0.05, 0) is 34.4 Å². The van der Waals surface area contributed by atoms with Gasteiger partial charge in [-0.15, -0.1) is 0 Å². The van der Waals surface area contributed by atoms with E-state index >= 15 is 0 Å². The minimum absolute atomic E-state index is 0.0685. The second-order valence-electron chi connectivity index (χ2n) is 10.8. The monoisotopic (exact) mass is 622 g/mol. The molecule has 3 aromatic carbocycles. The van der Waals surface area contributed by atoms with E-state index in [4.69, 9.17) is 9.97 Å². The molecule has 12 heteroatoms. The van der Waals surface area contributed by atoms with Crippen molar-refractivity contribution in [1.82, 2.24) is 19.8 Å². The van der Waals surface area contributed by atoms with E-state index in [2.05, 4.69) is 0 Å². The lowest BCUT2D eigenvalue weighted by molar-refractivity contribution is -0.144. The Labute approximate surface area is 262 Å². The van der Waals surface area contributed by atoms with Crippen molar-refractivity contribution in [2.24, 2.45) is 0 Å². The minimum Gasteiger partial charge on any atom is -0.480 e. The first-order valence-electron chi connectivity index (χ1n) is 14.3. The first kappa shape index (κ1) is 31.7. The van der Waals surface area contributed by atoms with Crippen LogP contribution in [-0.4, -0.2) is 90.3 Å². The number of pyridine rings is 2. The number of carboxylic acids is 4. The van der Waals surface area contributed by atoms with Gasteiger partial charge in [-0.2, -0.15) is 0 Å². The number of nitrogens with zero attached hydrogens (tertiary/aromatic N) is 4. The van der Waals surface area contributed by atoms with Crippen molar-refractivity contribution in [3.8, 4) is 22.3 Å². The molecule has 5 rings (SSSR count). The maximum atomic E-state index is 11.5. The molecule has 0 unspecified atom stereocenters. The molecule has 0 fully saturated rings. The second kappa shape index (κ2) is 13.9. The van der Waals surface area contributed by atoms with Gasteiger partial charge < -0.3 is 20.4 Å². The Bertz CT molecular complexity index is 1760. The fourth-order valence-electron chi connectivity index (χ4n) is 5.52. The van der Waals surface area contributed by atoms with Crippen molar-refractivity contribution in [3.05, 3.63) is 96.3 Å². The van der Waals surface area contributed by atoms with Gasteiger partial charge in [0.25, 0.3) is 0 Å². The molecule has 0 aliphatic rings. The van der Waals surface area contributed by atoms with Gasteiger partial charge in [-0.25, -0.2) is 9.97 Å². The van der Waals surface area contributed by atoms with E-state index in [0.29, 0.717) is 22.4 Å². The summed E-state index contributed by atoms with van der Waals surface area (Å²) in [6.45, 7) is -2.17. The number of aromatic nitrogens is 2. The quantitative estimate of drug-likeness (QED) is 0.131. The van der Waals surface area contributed by atoms with Crippen molar-refractivity contribution in [2.75, 3.05) is 26.2 Å². The van der Waals surface area contributed by atoms with Crippen LogP contribution >= 0.6 is 0 Å². The average Bonchev–Trinajstić information content (AvgIpc) is 3.00. The van der Waals surface area contributed by atoms with E-state index in [1.54, 1.807) is 0 Å². The zero-order valence-electron chi connectivity index (χ0n) is 24.5. The van der Waals surface area contributed by atoms with Crippen LogP contribution < -0.4 is 0 Å². The summed E-state index contributed by atoms with van der Waals surface area (Å²) < 4.78 is 0. The Hall–Kier alpha value is -5.72. The lowest BCUT2D eigenvalue weighted by Crippen LogP contribution is -2.34. The van der Waals surface area contributed by atoms with Crippen molar-refractivity contribution >= 4 is 45.7 Å². The molecular formula is C34H30N4O8. The van der Waals surface area contributed by atoms with Crippen LogP contribution in [-0.2, 0) is 32.3 Å². The summed E-state index contributed by atoms with van der Waals surface area (Å²) in [6, 6.07) is 26.4. The lowest BCUT2D eigenvalue weighted by Gasteiger charge is -2.20. The van der Waals surface area contributed by atoms with E-state index in [9.17, 15) is 39.6 Å². The number of fused-ring (bicyclic) bond motifs is 3. The van der Waals surface area contributed by atoms with E-state index in [0.717, 1.165) is 33.0 Å². The molecule has 12 nitrogen and oxygen atoms in total. The van der Waals surface area contributed by atoms with Crippen LogP contribution in [0.3, 0.4) is 0 Å². The summed E-state index contributed by atoms with van der Waals surface area (Å²) in [5.41, 5.74) is 5.06. The molecule has 0 bridgehead atoms. The van der Waals surface area contributed by atoms with Gasteiger partial charge >= 0.3 is 23.9 Å². The van der Waals surface area contributed by atoms with Gasteiger partial charge in [0.05, 0.1) is 48.6 Å². The predicted molar refractivity (Wildman–Crippen MR) is 169 cm³/mol. The number of rotatable bonds is 14. The Morgan fingerprint density at radius 2 is 0.826 bits per heavy atom. The standard InChI is InChI=1S/C34H30N4O8/c39-29(40)17-37(18-30(41)42)15-23-13-27(21-7-3-1-4-8-21)25-11-12-26-28(22-9-5-2-6-10-22)14-24(36-34(26)33(25)35-23)16-38(19-31(43)44)20-32(45)46/h1-14H,15-20H2,(H,39,40)(H,41,42)(H,43,44)(H,45,46). The molecule has 4 N–H and O–H groups in total. The number of carbonyl (C=O) groups is 4. The van der Waals surface area contributed by atoms with Gasteiger partial charge in [-0.1, -0.05) is 72.8 Å². The first-order chi connectivity index (χ1) is 22.1. The van der Waals surface area contributed by atoms with Crippen molar-refractivity contribution < 1.29 is 39.6 Å². The van der Waals surface area contributed by atoms with E-state index < -0.39 is 50.1 Å². The molecule has 46 heavy (non-hydrogen) atoms. The molecule has 0 amide bonds. The topological polar surface area (TPSA) is 181 Å². The molecule has 0 saturated heterocycles. The highest BCUT2D eigenvalue weighted by atomic mass is 16.4. The van der Waals surface area contributed by atoms with Crippen molar-refractivity contribution in [3.63, 3.8) is 0 Å². The van der Waals surface area contributed by atoms with Gasteiger partial charge in [-0.3, -0.25) is 29.0 Å². The summed E-state index contributed by atoms with van der Waals surface area (Å²) in [7, 11) is 0. The van der Waals surface area contributed by atoms with Gasteiger partial charge in [0, 0.05) is 23.9 Å². The summed E-state index contributed by atoms with van der Waals surface area (Å²) >= 11 is 0. The Morgan fingerprint density at radius 1 is 0.500 bits per heavy atom. The maximum absolute atomic E-state index is 11.5. The van der Waals surface area contributed by atoms with E-state index in [-0.39, 0.29) is 13.1 Å². The van der Waals surface area contributed by atoms with Gasteiger partial charge in [0.2, 0.25) is 0 Å². The minimum atomic E-state index is -1.18. The van der Waals surface area contributed by atoms with Crippen LogP contribution in [0.4, 0.5) is 0 Å². The number of carboxylic acid groups (broad SMARTS) is 4. The molecule has 234 valence electrons. The molecule has 2 aromatic heterocycles. The number of hydrogen-bond donors (Lipinski definition) is 4. The smallest absolute Gasteiger partial charge is 0.317 e. The molecule has 0 aliphatic heterocycles. The summed E-state index contributed by atoms with van der Waals surface area (Å²) in [4.78, 5) is 58.5. The summed E-state index contributed by atoms with van der Waals surface area (Å²) in [5, 5.41) is 39.2.